The standard InChI is InChI=1S/C38H42Cl2N2O2/c39-27-1-3-33(31(41)11-27)43-35-14-36(44-34-4-2-28(40)12-32(34)42)30(38-18-24-8-25(19-38)10-26(9-24)20-38)13-29(35)37-15-21-5-22(16-37)7-23(6-21)17-37/h1-4,11-14,21-26H,5-10,15-20,41-42H2. The first kappa shape index (κ1) is 27.7. The third kappa shape index (κ3) is 4.53. The van der Waals surface area contributed by atoms with Crippen LogP contribution in [0.3, 0.4) is 0 Å². The molecule has 4 N–H and O–H groups in total. The van der Waals surface area contributed by atoms with Crippen LogP contribution < -0.4 is 20.9 Å². The molecule has 0 aliphatic heterocycles. The highest BCUT2D eigenvalue weighted by Gasteiger charge is 2.55. The van der Waals surface area contributed by atoms with E-state index < -0.39 is 0 Å². The predicted molar refractivity (Wildman–Crippen MR) is 178 cm³/mol. The molecule has 11 rings (SSSR count). The van der Waals surface area contributed by atoms with Gasteiger partial charge in [0.1, 0.15) is 23.0 Å². The van der Waals surface area contributed by atoms with E-state index >= 15 is 0 Å². The number of benzene rings is 3. The maximum atomic E-state index is 6.87. The molecule has 3 aromatic carbocycles. The van der Waals surface area contributed by atoms with Crippen molar-refractivity contribution in [1.82, 2.24) is 0 Å². The molecule has 44 heavy (non-hydrogen) atoms. The van der Waals surface area contributed by atoms with Gasteiger partial charge in [0, 0.05) is 27.2 Å². The topological polar surface area (TPSA) is 70.5 Å². The minimum absolute atomic E-state index is 0.139. The molecular formula is C38H42Cl2N2O2. The van der Waals surface area contributed by atoms with E-state index in [0.717, 1.165) is 47.0 Å². The van der Waals surface area contributed by atoms with Gasteiger partial charge in [-0.05, 0) is 166 Å². The van der Waals surface area contributed by atoms with Gasteiger partial charge in [-0.15, -0.1) is 0 Å². The van der Waals surface area contributed by atoms with Gasteiger partial charge in [0.25, 0.3) is 0 Å². The van der Waals surface area contributed by atoms with Crippen LogP contribution in [0.25, 0.3) is 0 Å². The van der Waals surface area contributed by atoms with Crippen LogP contribution in [0, 0.1) is 35.5 Å². The van der Waals surface area contributed by atoms with E-state index in [1.54, 1.807) is 12.1 Å². The average Bonchev–Trinajstić information content (AvgIpc) is 2.94. The molecule has 0 aromatic heterocycles. The van der Waals surface area contributed by atoms with Gasteiger partial charge < -0.3 is 20.9 Å². The lowest BCUT2D eigenvalue weighted by atomic mass is 9.46. The number of rotatable bonds is 6. The van der Waals surface area contributed by atoms with Crippen LogP contribution in [0.15, 0.2) is 48.5 Å². The molecule has 0 atom stereocenters. The Hall–Kier alpha value is -2.56. The number of nitrogen functional groups attached to an aromatic ring is 2. The molecule has 0 unspecified atom stereocenters. The van der Waals surface area contributed by atoms with E-state index in [9.17, 15) is 0 Å². The molecule has 0 amide bonds. The first-order valence-electron chi connectivity index (χ1n) is 16.9. The van der Waals surface area contributed by atoms with Gasteiger partial charge in [0.15, 0.2) is 0 Å². The summed E-state index contributed by atoms with van der Waals surface area (Å²) in [6, 6.07) is 15.8. The normalized spacial score (nSPS) is 36.1. The van der Waals surface area contributed by atoms with Crippen molar-refractivity contribution in [1.29, 1.82) is 0 Å². The Balaban J connectivity index is 1.24. The summed E-state index contributed by atoms with van der Waals surface area (Å²) < 4.78 is 13.7. The second-order valence-corrected chi connectivity index (χ2v) is 16.7. The van der Waals surface area contributed by atoms with Crippen molar-refractivity contribution in [3.05, 3.63) is 69.7 Å². The fourth-order valence-corrected chi connectivity index (χ4v) is 12.3. The summed E-state index contributed by atoms with van der Waals surface area (Å²) in [6.07, 6.45) is 16.0. The van der Waals surface area contributed by atoms with Crippen LogP contribution >= 0.6 is 23.2 Å². The van der Waals surface area contributed by atoms with Crippen LogP contribution in [-0.2, 0) is 10.8 Å². The zero-order chi connectivity index (χ0) is 29.8. The third-order valence-corrected chi connectivity index (χ3v) is 13.2. The fraction of sp³-hybridized carbons (Fsp3) is 0.526. The highest BCUT2D eigenvalue weighted by atomic mass is 35.5. The van der Waals surface area contributed by atoms with Crippen LogP contribution in [0.1, 0.15) is 88.2 Å². The summed E-state index contributed by atoms with van der Waals surface area (Å²) in [7, 11) is 0. The van der Waals surface area contributed by atoms with Gasteiger partial charge in [-0.1, -0.05) is 23.2 Å². The molecule has 3 aromatic rings. The molecule has 8 saturated carbocycles. The van der Waals surface area contributed by atoms with Gasteiger partial charge in [0.2, 0.25) is 0 Å². The lowest BCUT2D eigenvalue weighted by Crippen LogP contribution is -2.50. The first-order chi connectivity index (χ1) is 21.2. The molecule has 0 radical (unpaired) electrons. The van der Waals surface area contributed by atoms with Crippen molar-refractivity contribution < 1.29 is 9.47 Å². The highest BCUT2D eigenvalue weighted by Crippen LogP contribution is 2.66. The Bertz CT molecular complexity index is 1460. The van der Waals surface area contributed by atoms with Crippen molar-refractivity contribution in [2.45, 2.75) is 87.9 Å². The van der Waals surface area contributed by atoms with Crippen LogP contribution in [0.4, 0.5) is 11.4 Å². The Morgan fingerprint density at radius 3 is 1.14 bits per heavy atom. The third-order valence-electron chi connectivity index (χ3n) is 12.7. The largest absolute Gasteiger partial charge is 0.455 e. The second-order valence-electron chi connectivity index (χ2n) is 15.8. The summed E-state index contributed by atoms with van der Waals surface area (Å²) in [5.74, 6) is 7.95. The van der Waals surface area contributed by atoms with E-state index in [4.69, 9.17) is 44.1 Å². The first-order valence-corrected chi connectivity index (χ1v) is 17.6. The van der Waals surface area contributed by atoms with Gasteiger partial charge in [0.05, 0.1) is 11.4 Å². The van der Waals surface area contributed by atoms with Crippen LogP contribution in [0.2, 0.25) is 10.0 Å². The number of anilines is 2. The van der Waals surface area contributed by atoms with Crippen molar-refractivity contribution in [2.24, 2.45) is 35.5 Å². The fourth-order valence-electron chi connectivity index (χ4n) is 11.9. The second kappa shape index (κ2) is 9.97. The molecule has 8 fully saturated rings. The summed E-state index contributed by atoms with van der Waals surface area (Å²) in [5.41, 5.74) is 17.1. The van der Waals surface area contributed by atoms with Gasteiger partial charge in [-0.3, -0.25) is 0 Å². The summed E-state index contributed by atoms with van der Waals surface area (Å²) in [4.78, 5) is 0. The SMILES string of the molecule is Nc1cc(Cl)ccc1Oc1cc(Oc2ccc(Cl)cc2N)c(C23CC4CC(CC(C4)C2)C3)cc1C12CC3CC(CC(C3)C1)C2. The smallest absolute Gasteiger partial charge is 0.150 e. The highest BCUT2D eigenvalue weighted by molar-refractivity contribution is 6.31. The summed E-state index contributed by atoms with van der Waals surface area (Å²) >= 11 is 12.6. The summed E-state index contributed by atoms with van der Waals surface area (Å²) in [6.45, 7) is 0. The minimum atomic E-state index is 0.139. The Morgan fingerprint density at radius 1 is 0.477 bits per heavy atom. The molecule has 0 spiro atoms. The number of hydrogen-bond donors (Lipinski definition) is 2. The quantitative estimate of drug-likeness (QED) is 0.266. The molecule has 8 aliphatic rings. The van der Waals surface area contributed by atoms with Crippen LogP contribution in [-0.4, -0.2) is 0 Å². The minimum Gasteiger partial charge on any atom is -0.455 e. The Labute approximate surface area is 270 Å². The monoisotopic (exact) mass is 628 g/mol. The van der Waals surface area contributed by atoms with Gasteiger partial charge in [-0.25, -0.2) is 0 Å². The molecule has 8 bridgehead atoms. The number of nitrogens with two attached hydrogens (primary N) is 2. The molecule has 6 heteroatoms. The Morgan fingerprint density at radius 2 is 0.818 bits per heavy atom. The van der Waals surface area contributed by atoms with E-state index in [1.807, 2.05) is 24.3 Å². The van der Waals surface area contributed by atoms with Crippen molar-refractivity contribution in [2.75, 3.05) is 11.5 Å². The predicted octanol–water partition coefficient (Wildman–Crippen LogP) is 10.7. The van der Waals surface area contributed by atoms with Crippen molar-refractivity contribution in [3.63, 3.8) is 0 Å². The molecule has 0 heterocycles. The van der Waals surface area contributed by atoms with Gasteiger partial charge >= 0.3 is 0 Å². The maximum absolute atomic E-state index is 6.87. The van der Waals surface area contributed by atoms with Crippen molar-refractivity contribution >= 4 is 34.6 Å². The van der Waals surface area contributed by atoms with Crippen LogP contribution in [0.5, 0.6) is 23.0 Å². The maximum Gasteiger partial charge on any atom is 0.150 e. The number of ether oxygens (including phenoxy) is 2. The Kier molecular flexibility index (Phi) is 6.28. The number of halogens is 2. The lowest BCUT2D eigenvalue weighted by molar-refractivity contribution is -0.00937. The van der Waals surface area contributed by atoms with E-state index in [1.165, 1.54) is 88.2 Å². The number of hydrogen-bond acceptors (Lipinski definition) is 4. The molecule has 8 aliphatic carbocycles. The average molecular weight is 630 g/mol. The molecule has 4 nitrogen and oxygen atoms in total. The van der Waals surface area contributed by atoms with E-state index in [2.05, 4.69) is 12.1 Å². The zero-order valence-corrected chi connectivity index (χ0v) is 26.8. The zero-order valence-electron chi connectivity index (χ0n) is 25.3. The van der Waals surface area contributed by atoms with Gasteiger partial charge in [-0.2, -0.15) is 0 Å². The van der Waals surface area contributed by atoms with Crippen molar-refractivity contribution in [3.8, 4) is 23.0 Å². The molecular weight excluding hydrogens is 587 g/mol. The molecule has 230 valence electrons. The van der Waals surface area contributed by atoms with E-state index in [0.29, 0.717) is 32.9 Å². The van der Waals surface area contributed by atoms with E-state index in [-0.39, 0.29) is 10.8 Å². The summed E-state index contributed by atoms with van der Waals surface area (Å²) in [5, 5.41) is 1.21. The lowest BCUT2D eigenvalue weighted by Gasteiger charge is -2.58. The molecule has 0 saturated heterocycles.